The number of aryl methyl sites for hydroxylation is 1. The largest absolute Gasteiger partial charge is 0.504 e. The highest BCUT2D eigenvalue weighted by Crippen LogP contribution is 2.41. The van der Waals surface area contributed by atoms with Crippen molar-refractivity contribution < 1.29 is 58.8 Å². The number of aliphatic carboxylic acids is 3. The number of rotatable bonds is 11. The third-order valence-electron chi connectivity index (χ3n) is 8.42. The molecule has 2 amide bonds. The minimum Gasteiger partial charge on any atom is -0.504 e. The van der Waals surface area contributed by atoms with Crippen LogP contribution in [0.4, 0.5) is 5.13 Å². The number of likely N-dealkylation sites (tertiary alicyclic amines) is 1. The Bertz CT molecular complexity index is 2090. The number of quaternary nitrogens is 1. The Morgan fingerprint density at radius 3 is 2.26 bits per heavy atom. The fourth-order valence-electron chi connectivity index (χ4n) is 6.17. The molecule has 0 saturated carbocycles. The predicted molar refractivity (Wildman–Crippen MR) is 194 cm³/mol. The zero-order valence-electron chi connectivity index (χ0n) is 29.1. The van der Waals surface area contributed by atoms with E-state index in [0.29, 0.717) is 47.5 Å². The second-order valence-corrected chi connectivity index (χ2v) is 14.4. The smallest absolute Gasteiger partial charge is 0.352 e. The number of thioether (sulfide) groups is 1. The highest BCUT2D eigenvalue weighted by atomic mass is 32.2. The van der Waals surface area contributed by atoms with Gasteiger partial charge in [-0.05, 0) is 13.0 Å². The fraction of sp³-hybridized carbons (Fsp3) is 0.406. The predicted octanol–water partition coefficient (Wildman–Crippen LogP) is 0.689. The second-order valence-electron chi connectivity index (χ2n) is 12.3. The van der Waals surface area contributed by atoms with Crippen molar-refractivity contribution in [3.8, 4) is 11.5 Å². The van der Waals surface area contributed by atoms with Crippen LogP contribution < -0.4 is 16.9 Å². The summed E-state index contributed by atoms with van der Waals surface area (Å²) < 4.78 is 2.14. The van der Waals surface area contributed by atoms with Crippen LogP contribution in [0.3, 0.4) is 0 Å². The SMILES string of the molecule is CC(=O)O.CCn1nc(C[N+]2(CC3=C(C(=O)O)N4C(=O)CC4SC3)CCCC2)c(=O)c2cc(O)c(O)cc21.NC(=O)/C(=N\OCC(=O)O)c1csc(N)n1. The monoisotopic (exact) mass is 791 g/mol. The van der Waals surface area contributed by atoms with Crippen LogP contribution in [0.5, 0.6) is 11.5 Å². The van der Waals surface area contributed by atoms with E-state index in [1.165, 1.54) is 22.4 Å². The summed E-state index contributed by atoms with van der Waals surface area (Å²) in [5.41, 5.74) is 11.6. The number of benzene rings is 1. The Balaban J connectivity index is 0.000000271. The van der Waals surface area contributed by atoms with Gasteiger partial charge in [0.1, 0.15) is 24.5 Å². The van der Waals surface area contributed by atoms with Gasteiger partial charge >= 0.3 is 11.9 Å². The number of hydrogen-bond acceptors (Lipinski definition) is 15. The van der Waals surface area contributed by atoms with E-state index < -0.39 is 30.4 Å². The van der Waals surface area contributed by atoms with E-state index in [9.17, 15) is 39.3 Å². The first-order valence-electron chi connectivity index (χ1n) is 16.3. The lowest BCUT2D eigenvalue weighted by atomic mass is 10.1. The number of thiazole rings is 1. The van der Waals surface area contributed by atoms with Crippen molar-refractivity contribution in [1.29, 1.82) is 0 Å². The molecule has 1 unspecified atom stereocenters. The number of carboxylic acid groups (broad SMARTS) is 3. The Kier molecular flexibility index (Phi) is 13.2. The van der Waals surface area contributed by atoms with Gasteiger partial charge in [0, 0.05) is 49.1 Å². The van der Waals surface area contributed by atoms with Crippen molar-refractivity contribution in [3.63, 3.8) is 0 Å². The lowest BCUT2D eigenvalue weighted by molar-refractivity contribution is -0.925. The van der Waals surface area contributed by atoms with Gasteiger partial charge in [-0.25, -0.2) is 14.6 Å². The summed E-state index contributed by atoms with van der Waals surface area (Å²) >= 11 is 2.69. The maximum atomic E-state index is 13.4. The number of phenolic OH excluding ortho intramolecular Hbond substituents is 2. The molecule has 54 heavy (non-hydrogen) atoms. The number of nitrogens with two attached hydrogens (primary N) is 2. The van der Waals surface area contributed by atoms with Crippen LogP contribution in [0.15, 0.2) is 38.7 Å². The number of β-lactam (4-membered cyclic amide) rings is 1. The molecule has 1 atom stereocenters. The van der Waals surface area contributed by atoms with Gasteiger partial charge in [0.25, 0.3) is 11.9 Å². The molecule has 0 aliphatic carbocycles. The van der Waals surface area contributed by atoms with Crippen LogP contribution in [0.1, 0.15) is 44.5 Å². The number of aromatic nitrogens is 3. The van der Waals surface area contributed by atoms with E-state index in [0.717, 1.165) is 49.8 Å². The quantitative estimate of drug-likeness (QED) is 0.0462. The molecule has 22 heteroatoms. The van der Waals surface area contributed by atoms with Crippen molar-refractivity contribution in [3.05, 3.63) is 50.4 Å². The number of nitrogen functional groups attached to an aromatic ring is 1. The first-order valence-corrected chi connectivity index (χ1v) is 18.2. The first kappa shape index (κ1) is 41.0. The third kappa shape index (κ3) is 9.62. The molecule has 2 aromatic heterocycles. The number of carbonyl (C=O) groups excluding carboxylic acids is 2. The molecule has 0 spiro atoms. The number of carboxylic acids is 3. The summed E-state index contributed by atoms with van der Waals surface area (Å²) in [4.78, 5) is 77.3. The molecule has 20 nitrogen and oxygen atoms in total. The van der Waals surface area contributed by atoms with E-state index in [2.05, 4.69) is 20.1 Å². The highest BCUT2D eigenvalue weighted by Gasteiger charge is 2.47. The molecule has 1 aromatic carbocycles. The standard InChI is InChI=1S/C23H26N4O6S.C7H8N4O4S.C2H4O2/c1-2-25-16-8-18(29)17(28)7-14(16)22(31)15(24-25)11-27(5-3-4-6-27)10-13-12-34-20-9-19(30)26(20)21(13)23(32)33;8-6(14)5(11-15-1-4(12)13)3-2-16-7(9)10-3;1-2(3)4/h7-8,20H,2-6,9-12H2,1H3,(H2-,24,28,29,31,32,33);2H,1H2,(H2,8,14)(H2,9,10)(H,12,13);1H3,(H,3,4)/p+1/b;11-5-;. The molecule has 9 N–H and O–H groups in total. The van der Waals surface area contributed by atoms with Crippen LogP contribution in [-0.2, 0) is 41.9 Å². The molecule has 3 aromatic rings. The number of carbonyl (C=O) groups is 5. The van der Waals surface area contributed by atoms with Gasteiger partial charge in [0.2, 0.25) is 17.9 Å². The maximum absolute atomic E-state index is 13.4. The van der Waals surface area contributed by atoms with Gasteiger partial charge < -0.3 is 46.3 Å². The summed E-state index contributed by atoms with van der Waals surface area (Å²) in [5, 5.41) is 55.3. The van der Waals surface area contributed by atoms with Crippen molar-refractivity contribution in [2.45, 2.75) is 51.6 Å². The Morgan fingerprint density at radius 2 is 1.72 bits per heavy atom. The van der Waals surface area contributed by atoms with Crippen molar-refractivity contribution in [2.75, 3.05) is 37.7 Å². The summed E-state index contributed by atoms with van der Waals surface area (Å²) in [7, 11) is 0. The zero-order valence-corrected chi connectivity index (χ0v) is 30.8. The topological polar surface area (TPSA) is 311 Å². The summed E-state index contributed by atoms with van der Waals surface area (Å²) in [6, 6.07) is 2.62. The number of anilines is 1. The van der Waals surface area contributed by atoms with Crippen molar-refractivity contribution in [2.24, 2.45) is 10.9 Å². The van der Waals surface area contributed by atoms with E-state index in [1.54, 1.807) is 16.4 Å². The molecule has 2 fully saturated rings. The third-order valence-corrected chi connectivity index (χ3v) is 10.4. The number of oxime groups is 1. The molecule has 2 saturated heterocycles. The first-order chi connectivity index (χ1) is 25.5. The Morgan fingerprint density at radius 1 is 1.07 bits per heavy atom. The molecule has 6 rings (SSSR count). The van der Waals surface area contributed by atoms with Crippen molar-refractivity contribution in [1.82, 2.24) is 19.7 Å². The maximum Gasteiger partial charge on any atom is 0.352 e. The van der Waals surface area contributed by atoms with E-state index >= 15 is 0 Å². The van der Waals surface area contributed by atoms with Crippen LogP contribution >= 0.6 is 23.1 Å². The van der Waals surface area contributed by atoms with E-state index in [-0.39, 0.29) is 55.8 Å². The Labute approximate surface area is 314 Å². The number of hydrogen-bond donors (Lipinski definition) is 7. The number of phenols is 2. The molecular formula is C32H39N8O12S2+. The number of aromatic hydroxyl groups is 2. The lowest BCUT2D eigenvalue weighted by Gasteiger charge is -2.45. The summed E-state index contributed by atoms with van der Waals surface area (Å²) in [6.45, 7) is 5.10. The number of nitrogens with zero attached hydrogens (tertiary/aromatic N) is 6. The molecule has 290 valence electrons. The number of primary amides is 1. The average Bonchev–Trinajstić information content (AvgIpc) is 3.73. The molecule has 3 aliphatic rings. The van der Waals surface area contributed by atoms with Gasteiger partial charge in [-0.15, -0.1) is 23.1 Å². The summed E-state index contributed by atoms with van der Waals surface area (Å²) in [5.74, 6) is -4.30. The molecule has 3 aliphatic heterocycles. The molecule has 0 bridgehead atoms. The van der Waals surface area contributed by atoms with Gasteiger partial charge in [-0.1, -0.05) is 5.16 Å². The molecule has 5 heterocycles. The van der Waals surface area contributed by atoms with Crippen LogP contribution in [0.25, 0.3) is 10.9 Å². The second kappa shape index (κ2) is 17.4. The van der Waals surface area contributed by atoms with Gasteiger partial charge in [0.15, 0.2) is 28.0 Å². The van der Waals surface area contributed by atoms with E-state index in [4.69, 9.17) is 26.5 Å². The van der Waals surface area contributed by atoms with Gasteiger partial charge in [0.05, 0.1) is 35.8 Å². The lowest BCUT2D eigenvalue weighted by Crippen LogP contribution is -2.56. The van der Waals surface area contributed by atoms with Crippen LogP contribution in [0, 0.1) is 0 Å². The molecule has 0 radical (unpaired) electrons. The van der Waals surface area contributed by atoms with Gasteiger partial charge in [-0.2, -0.15) is 5.10 Å². The van der Waals surface area contributed by atoms with E-state index in [1.807, 2.05) is 6.92 Å². The number of amides is 2. The normalized spacial score (nSPS) is 17.4. The Hall–Kier alpha value is -5.74. The van der Waals surface area contributed by atoms with Gasteiger partial charge in [-0.3, -0.25) is 28.8 Å². The molecular weight excluding hydrogens is 753 g/mol. The van der Waals surface area contributed by atoms with Crippen LogP contribution in [-0.4, -0.2) is 122 Å². The number of fused-ring (bicyclic) bond motifs is 2. The van der Waals surface area contributed by atoms with Crippen molar-refractivity contribution >= 4 is 74.6 Å². The average molecular weight is 792 g/mol. The van der Waals surface area contributed by atoms with Crippen LogP contribution in [0.2, 0.25) is 0 Å². The zero-order chi connectivity index (χ0) is 39.9. The highest BCUT2D eigenvalue weighted by molar-refractivity contribution is 8.00. The summed E-state index contributed by atoms with van der Waals surface area (Å²) in [6.07, 6.45) is 2.28. The fourth-order valence-corrected chi connectivity index (χ4v) is 7.97. The minimum atomic E-state index is -1.22. The minimum absolute atomic E-state index is 0.0993.